The number of benzene rings is 1. The molecule has 23 heavy (non-hydrogen) atoms. The third-order valence-corrected chi connectivity index (χ3v) is 5.75. The van der Waals surface area contributed by atoms with Gasteiger partial charge in [0.25, 0.3) is 0 Å². The molecule has 0 fully saturated rings. The molecule has 6 nitrogen and oxygen atoms in total. The minimum Gasteiger partial charge on any atom is -0.361 e. The third-order valence-electron chi connectivity index (χ3n) is 3.92. The zero-order valence-corrected chi connectivity index (χ0v) is 14.9. The Labute approximate surface area is 137 Å². The fraction of sp³-hybridized carbons (Fsp3) is 0.438. The summed E-state index contributed by atoms with van der Waals surface area (Å²) in [6.45, 7) is 6.50. The first kappa shape index (κ1) is 17.7. The lowest BCUT2D eigenvalue weighted by molar-refractivity contribution is 0.391. The first-order chi connectivity index (χ1) is 10.7. The second-order valence-corrected chi connectivity index (χ2v) is 7.91. The van der Waals surface area contributed by atoms with Crippen molar-refractivity contribution in [2.45, 2.75) is 38.3 Å². The highest BCUT2D eigenvalue weighted by molar-refractivity contribution is 7.89. The average molecular weight is 337 g/mol. The normalized spacial score (nSPS) is 13.5. The van der Waals surface area contributed by atoms with Gasteiger partial charge < -0.3 is 9.84 Å². The maximum atomic E-state index is 12.1. The van der Waals surface area contributed by atoms with Gasteiger partial charge in [0.1, 0.15) is 5.76 Å². The SMILES string of the molecule is Cc1noc(C)c1CN[C@@H](C)c1ccc(S(=O)(=O)N(C)C)cc1. The molecule has 0 amide bonds. The van der Waals surface area contributed by atoms with Crippen molar-refractivity contribution < 1.29 is 12.9 Å². The average Bonchev–Trinajstić information content (AvgIpc) is 2.83. The van der Waals surface area contributed by atoms with Gasteiger partial charge in [-0.1, -0.05) is 17.3 Å². The number of sulfonamides is 1. The number of nitrogens with one attached hydrogen (secondary N) is 1. The van der Waals surface area contributed by atoms with Gasteiger partial charge in [0, 0.05) is 32.2 Å². The summed E-state index contributed by atoms with van der Waals surface area (Å²) in [5.41, 5.74) is 2.97. The van der Waals surface area contributed by atoms with Crippen molar-refractivity contribution in [2.24, 2.45) is 0 Å². The Morgan fingerprint density at radius 3 is 2.30 bits per heavy atom. The van der Waals surface area contributed by atoms with Crippen LogP contribution in [0.4, 0.5) is 0 Å². The maximum Gasteiger partial charge on any atom is 0.242 e. The van der Waals surface area contributed by atoms with Crippen molar-refractivity contribution in [3.8, 4) is 0 Å². The van der Waals surface area contributed by atoms with E-state index >= 15 is 0 Å². The molecule has 0 saturated carbocycles. The first-order valence-electron chi connectivity index (χ1n) is 7.41. The Hall–Kier alpha value is -1.70. The van der Waals surface area contributed by atoms with Crippen LogP contribution in [0.1, 0.15) is 35.5 Å². The largest absolute Gasteiger partial charge is 0.361 e. The first-order valence-corrected chi connectivity index (χ1v) is 8.85. The summed E-state index contributed by atoms with van der Waals surface area (Å²) in [5.74, 6) is 0.814. The molecular weight excluding hydrogens is 314 g/mol. The van der Waals surface area contributed by atoms with Crippen molar-refractivity contribution in [3.63, 3.8) is 0 Å². The number of aromatic nitrogens is 1. The third kappa shape index (κ3) is 3.80. The van der Waals surface area contributed by atoms with Crippen LogP contribution in [0.3, 0.4) is 0 Å². The Bertz CT molecular complexity index is 745. The molecule has 0 bridgehead atoms. The standard InChI is InChI=1S/C16H23N3O3S/c1-11(17-10-16-12(2)18-22-13(16)3)14-6-8-15(9-7-14)23(20,21)19(4)5/h6-9,11,17H,10H2,1-5H3/t11-/m0/s1. The van der Waals surface area contributed by atoms with E-state index in [4.69, 9.17) is 4.52 Å². The zero-order valence-electron chi connectivity index (χ0n) is 14.1. The van der Waals surface area contributed by atoms with Crippen LogP contribution >= 0.6 is 0 Å². The van der Waals surface area contributed by atoms with Crippen LogP contribution < -0.4 is 5.32 Å². The van der Waals surface area contributed by atoms with Gasteiger partial charge in [-0.15, -0.1) is 0 Å². The summed E-state index contributed by atoms with van der Waals surface area (Å²) in [6.07, 6.45) is 0. The molecule has 0 radical (unpaired) electrons. The van der Waals surface area contributed by atoms with Gasteiger partial charge in [0.05, 0.1) is 10.6 Å². The van der Waals surface area contributed by atoms with Crippen LogP contribution in [0.15, 0.2) is 33.7 Å². The Balaban J connectivity index is 2.08. The number of aryl methyl sites for hydroxylation is 2. The van der Waals surface area contributed by atoms with Gasteiger partial charge in [0.2, 0.25) is 10.0 Å². The smallest absolute Gasteiger partial charge is 0.242 e. The minimum atomic E-state index is -3.39. The van der Waals surface area contributed by atoms with E-state index in [1.807, 2.05) is 32.9 Å². The Kier molecular flexibility index (Phi) is 5.23. The number of hydrogen-bond donors (Lipinski definition) is 1. The van der Waals surface area contributed by atoms with E-state index in [1.165, 1.54) is 18.4 Å². The summed E-state index contributed by atoms with van der Waals surface area (Å²) < 4.78 is 30.5. The van der Waals surface area contributed by atoms with E-state index in [2.05, 4.69) is 10.5 Å². The second-order valence-electron chi connectivity index (χ2n) is 5.76. The van der Waals surface area contributed by atoms with Gasteiger partial charge >= 0.3 is 0 Å². The lowest BCUT2D eigenvalue weighted by atomic mass is 10.1. The maximum absolute atomic E-state index is 12.1. The van der Waals surface area contributed by atoms with E-state index in [0.29, 0.717) is 11.4 Å². The van der Waals surface area contributed by atoms with Crippen LogP contribution in [0.2, 0.25) is 0 Å². The van der Waals surface area contributed by atoms with E-state index in [0.717, 1.165) is 22.6 Å². The quantitative estimate of drug-likeness (QED) is 0.876. The number of hydrogen-bond acceptors (Lipinski definition) is 5. The number of rotatable bonds is 6. The summed E-state index contributed by atoms with van der Waals surface area (Å²) in [5, 5.41) is 7.34. The van der Waals surface area contributed by atoms with E-state index in [-0.39, 0.29) is 6.04 Å². The highest BCUT2D eigenvalue weighted by atomic mass is 32.2. The highest BCUT2D eigenvalue weighted by Gasteiger charge is 2.17. The van der Waals surface area contributed by atoms with Gasteiger partial charge in [-0.25, -0.2) is 12.7 Å². The molecule has 0 saturated heterocycles. The molecule has 0 aliphatic carbocycles. The monoisotopic (exact) mass is 337 g/mol. The molecule has 1 aromatic carbocycles. The van der Waals surface area contributed by atoms with Crippen LogP contribution in [-0.4, -0.2) is 32.0 Å². The number of nitrogens with zero attached hydrogens (tertiary/aromatic N) is 2. The highest BCUT2D eigenvalue weighted by Crippen LogP contribution is 2.19. The molecule has 1 aromatic heterocycles. The Morgan fingerprint density at radius 2 is 1.83 bits per heavy atom. The molecule has 1 atom stereocenters. The van der Waals surface area contributed by atoms with E-state index in [9.17, 15) is 8.42 Å². The van der Waals surface area contributed by atoms with Crippen molar-refractivity contribution in [3.05, 3.63) is 46.8 Å². The minimum absolute atomic E-state index is 0.0832. The van der Waals surface area contributed by atoms with E-state index in [1.54, 1.807) is 12.1 Å². The molecular formula is C16H23N3O3S. The molecule has 126 valence electrons. The second kappa shape index (κ2) is 6.82. The van der Waals surface area contributed by atoms with Crippen LogP contribution in [0.5, 0.6) is 0 Å². The van der Waals surface area contributed by atoms with Gasteiger partial charge in [-0.3, -0.25) is 0 Å². The van der Waals surface area contributed by atoms with Crippen LogP contribution in [0, 0.1) is 13.8 Å². The van der Waals surface area contributed by atoms with Gasteiger partial charge in [-0.05, 0) is 38.5 Å². The van der Waals surface area contributed by atoms with Gasteiger partial charge in [-0.2, -0.15) is 0 Å². The Morgan fingerprint density at radius 1 is 1.22 bits per heavy atom. The molecule has 0 aliphatic rings. The van der Waals surface area contributed by atoms with Crippen molar-refractivity contribution in [2.75, 3.05) is 14.1 Å². The van der Waals surface area contributed by atoms with Crippen LogP contribution in [0.25, 0.3) is 0 Å². The lowest BCUT2D eigenvalue weighted by Gasteiger charge is -2.16. The molecule has 2 rings (SSSR count). The molecule has 0 spiro atoms. The molecule has 2 aromatic rings. The summed E-state index contributed by atoms with van der Waals surface area (Å²) in [7, 11) is -0.336. The predicted molar refractivity (Wildman–Crippen MR) is 88.5 cm³/mol. The molecule has 7 heteroatoms. The fourth-order valence-corrected chi connectivity index (χ4v) is 3.17. The van der Waals surface area contributed by atoms with Gasteiger partial charge in [0.15, 0.2) is 0 Å². The summed E-state index contributed by atoms with van der Waals surface area (Å²) in [6, 6.07) is 7.03. The zero-order chi connectivity index (χ0) is 17.2. The molecule has 0 aliphatic heterocycles. The van der Waals surface area contributed by atoms with Crippen molar-refractivity contribution in [1.29, 1.82) is 0 Å². The van der Waals surface area contributed by atoms with E-state index < -0.39 is 10.0 Å². The van der Waals surface area contributed by atoms with Crippen LogP contribution in [-0.2, 0) is 16.6 Å². The fourth-order valence-electron chi connectivity index (χ4n) is 2.27. The molecule has 0 unspecified atom stereocenters. The summed E-state index contributed by atoms with van der Waals surface area (Å²) >= 11 is 0. The van der Waals surface area contributed by atoms with Crippen molar-refractivity contribution in [1.82, 2.24) is 14.8 Å². The predicted octanol–water partition coefficient (Wildman–Crippen LogP) is 2.39. The molecule has 1 heterocycles. The van der Waals surface area contributed by atoms with Crippen molar-refractivity contribution >= 4 is 10.0 Å². The molecule has 1 N–H and O–H groups in total. The topological polar surface area (TPSA) is 75.4 Å². The lowest BCUT2D eigenvalue weighted by Crippen LogP contribution is -2.22. The summed E-state index contributed by atoms with van der Waals surface area (Å²) in [4.78, 5) is 0.296.